The molecule has 2 aromatic heterocycles. The van der Waals surface area contributed by atoms with Gasteiger partial charge >= 0.3 is 0 Å². The van der Waals surface area contributed by atoms with Gasteiger partial charge in [-0.25, -0.2) is 4.98 Å². The van der Waals surface area contributed by atoms with Gasteiger partial charge in [0.1, 0.15) is 11.4 Å². The number of rotatable bonds is 5. The van der Waals surface area contributed by atoms with Crippen molar-refractivity contribution in [3.8, 4) is 0 Å². The first kappa shape index (κ1) is 16.6. The normalized spacial score (nSPS) is 11.4. The zero-order chi connectivity index (χ0) is 18.9. The molecular weight excluding hydrogens is 350 g/mol. The molecule has 5 aromatic rings. The van der Waals surface area contributed by atoms with Crippen molar-refractivity contribution in [1.29, 1.82) is 0 Å². The lowest BCUT2D eigenvalue weighted by Gasteiger charge is -2.04. The van der Waals surface area contributed by atoms with Crippen LogP contribution in [0.25, 0.3) is 32.8 Å². The number of carbonyl (C=O) groups excluding carboxylic acids is 1. The molecule has 2 heterocycles. The van der Waals surface area contributed by atoms with Gasteiger partial charge in [0.25, 0.3) is 0 Å². The average Bonchev–Trinajstić information content (AvgIpc) is 3.32. The van der Waals surface area contributed by atoms with Gasteiger partial charge in [0.05, 0.1) is 23.7 Å². The molecule has 138 valence electrons. The summed E-state index contributed by atoms with van der Waals surface area (Å²) in [7, 11) is 0. The Morgan fingerprint density at radius 2 is 1.89 bits per heavy atom. The largest absolute Gasteiger partial charge is 0.464 e. The van der Waals surface area contributed by atoms with E-state index in [1.54, 1.807) is 6.26 Å². The first-order valence-corrected chi connectivity index (χ1v) is 9.36. The van der Waals surface area contributed by atoms with Gasteiger partial charge in [0, 0.05) is 23.9 Å². The van der Waals surface area contributed by atoms with Gasteiger partial charge in [-0.3, -0.25) is 4.79 Å². The first-order chi connectivity index (χ1) is 13.8. The molecule has 0 saturated heterocycles. The predicted molar refractivity (Wildman–Crippen MR) is 110 cm³/mol. The Kier molecular flexibility index (Phi) is 4.05. The second-order valence-corrected chi connectivity index (χ2v) is 6.90. The molecule has 1 amide bonds. The number of amides is 1. The summed E-state index contributed by atoms with van der Waals surface area (Å²) in [5.41, 5.74) is 3.68. The van der Waals surface area contributed by atoms with Crippen LogP contribution in [0.4, 0.5) is 0 Å². The highest BCUT2D eigenvalue weighted by Gasteiger charge is 2.13. The molecule has 0 fully saturated rings. The quantitative estimate of drug-likeness (QED) is 0.483. The van der Waals surface area contributed by atoms with Crippen LogP contribution in [0.15, 0.2) is 71.3 Å². The highest BCUT2D eigenvalue weighted by molar-refractivity contribution is 6.08. The zero-order valence-electron chi connectivity index (χ0n) is 15.2. The molecular formula is C23H19N3O2. The highest BCUT2D eigenvalue weighted by Crippen LogP contribution is 2.30. The smallest absolute Gasteiger partial charge is 0.224 e. The van der Waals surface area contributed by atoms with Crippen molar-refractivity contribution in [3.63, 3.8) is 0 Å². The second-order valence-electron chi connectivity index (χ2n) is 6.90. The fourth-order valence-electron chi connectivity index (χ4n) is 3.68. The molecule has 0 aliphatic rings. The Balaban J connectivity index is 1.28. The van der Waals surface area contributed by atoms with Crippen LogP contribution in [0.3, 0.4) is 0 Å². The Morgan fingerprint density at radius 3 is 2.82 bits per heavy atom. The monoisotopic (exact) mass is 369 g/mol. The third-order valence-corrected chi connectivity index (χ3v) is 5.01. The summed E-state index contributed by atoms with van der Waals surface area (Å²) in [6.07, 6.45) is 2.65. The third-order valence-electron chi connectivity index (χ3n) is 5.01. The number of hydrogen-bond acceptors (Lipinski definition) is 3. The zero-order valence-corrected chi connectivity index (χ0v) is 15.2. The number of aromatic amines is 1. The molecule has 2 N–H and O–H groups in total. The van der Waals surface area contributed by atoms with E-state index in [4.69, 9.17) is 4.42 Å². The maximum atomic E-state index is 12.5. The van der Waals surface area contributed by atoms with E-state index in [0.717, 1.165) is 44.2 Å². The molecule has 0 atom stereocenters. The summed E-state index contributed by atoms with van der Waals surface area (Å²) in [5, 5.41) is 6.26. The summed E-state index contributed by atoms with van der Waals surface area (Å²) in [4.78, 5) is 20.3. The highest BCUT2D eigenvalue weighted by atomic mass is 16.3. The van der Waals surface area contributed by atoms with Crippen molar-refractivity contribution in [2.24, 2.45) is 0 Å². The molecule has 0 aliphatic heterocycles. The maximum absolute atomic E-state index is 12.5. The van der Waals surface area contributed by atoms with E-state index in [1.165, 1.54) is 0 Å². The molecule has 5 heteroatoms. The van der Waals surface area contributed by atoms with Gasteiger partial charge in [-0.2, -0.15) is 0 Å². The molecule has 5 nitrogen and oxygen atoms in total. The Morgan fingerprint density at radius 1 is 1.04 bits per heavy atom. The molecule has 5 rings (SSSR count). The van der Waals surface area contributed by atoms with Crippen LogP contribution in [-0.2, 0) is 17.6 Å². The summed E-state index contributed by atoms with van der Waals surface area (Å²) >= 11 is 0. The third kappa shape index (κ3) is 3.01. The number of nitrogens with one attached hydrogen (secondary N) is 2. The topological polar surface area (TPSA) is 70.9 Å². The van der Waals surface area contributed by atoms with Crippen molar-refractivity contribution in [1.82, 2.24) is 15.3 Å². The SMILES string of the molecule is O=C(Cc1coc2ccc3ccccc3c12)NCCc1nc2ccccc2[nH]1. The molecule has 0 unspecified atom stereocenters. The molecule has 0 spiro atoms. The van der Waals surface area contributed by atoms with Crippen molar-refractivity contribution < 1.29 is 9.21 Å². The van der Waals surface area contributed by atoms with E-state index in [2.05, 4.69) is 27.4 Å². The summed E-state index contributed by atoms with van der Waals surface area (Å²) in [5.74, 6) is 0.855. The fraction of sp³-hybridized carbons (Fsp3) is 0.130. The van der Waals surface area contributed by atoms with Crippen LogP contribution >= 0.6 is 0 Å². The molecule has 0 bridgehead atoms. The molecule has 3 aromatic carbocycles. The average molecular weight is 369 g/mol. The van der Waals surface area contributed by atoms with E-state index in [1.807, 2.05) is 48.5 Å². The number of fused-ring (bicyclic) bond motifs is 4. The van der Waals surface area contributed by atoms with Crippen LogP contribution in [0.2, 0.25) is 0 Å². The van der Waals surface area contributed by atoms with Gasteiger partial charge in [-0.15, -0.1) is 0 Å². The number of imidazole rings is 1. The Hall–Kier alpha value is -3.60. The number of para-hydroxylation sites is 2. The van der Waals surface area contributed by atoms with E-state index in [9.17, 15) is 4.79 Å². The number of H-pyrrole nitrogens is 1. The van der Waals surface area contributed by atoms with E-state index < -0.39 is 0 Å². The minimum Gasteiger partial charge on any atom is -0.464 e. The number of nitrogens with zero attached hydrogens (tertiary/aromatic N) is 1. The fourth-order valence-corrected chi connectivity index (χ4v) is 3.68. The number of furan rings is 1. The van der Waals surface area contributed by atoms with Crippen LogP contribution in [-0.4, -0.2) is 22.4 Å². The minimum atomic E-state index is -0.0215. The van der Waals surface area contributed by atoms with Crippen LogP contribution in [0, 0.1) is 0 Å². The van der Waals surface area contributed by atoms with E-state index in [0.29, 0.717) is 19.4 Å². The number of benzene rings is 3. The van der Waals surface area contributed by atoms with Gasteiger partial charge in [0.15, 0.2) is 0 Å². The standard InChI is InChI=1S/C23H19N3O2/c27-22(24-12-11-21-25-18-7-3-4-8-19(18)26-21)13-16-14-28-20-10-9-15-5-1-2-6-17(15)23(16)20/h1-10,14H,11-13H2,(H,24,27)(H,25,26). The van der Waals surface area contributed by atoms with E-state index in [-0.39, 0.29) is 5.91 Å². The Bertz CT molecular complexity index is 1270. The van der Waals surface area contributed by atoms with Gasteiger partial charge in [-0.05, 0) is 29.0 Å². The van der Waals surface area contributed by atoms with Crippen LogP contribution in [0.1, 0.15) is 11.4 Å². The molecule has 28 heavy (non-hydrogen) atoms. The lowest BCUT2D eigenvalue weighted by atomic mass is 10.0. The summed E-state index contributed by atoms with van der Waals surface area (Å²) in [6, 6.07) is 20.1. The number of hydrogen-bond donors (Lipinski definition) is 2. The number of carbonyl (C=O) groups is 1. The lowest BCUT2D eigenvalue weighted by molar-refractivity contribution is -0.120. The second kappa shape index (κ2) is 6.85. The molecule has 0 aliphatic carbocycles. The first-order valence-electron chi connectivity index (χ1n) is 9.36. The lowest BCUT2D eigenvalue weighted by Crippen LogP contribution is -2.27. The van der Waals surface area contributed by atoms with Gasteiger partial charge in [0.2, 0.25) is 5.91 Å². The Labute approximate surface area is 161 Å². The van der Waals surface area contributed by atoms with Crippen molar-refractivity contribution in [2.75, 3.05) is 6.54 Å². The number of aromatic nitrogens is 2. The molecule has 0 radical (unpaired) electrons. The van der Waals surface area contributed by atoms with Crippen LogP contribution in [0.5, 0.6) is 0 Å². The molecule has 0 saturated carbocycles. The maximum Gasteiger partial charge on any atom is 0.224 e. The summed E-state index contributed by atoms with van der Waals surface area (Å²) in [6.45, 7) is 0.537. The summed E-state index contributed by atoms with van der Waals surface area (Å²) < 4.78 is 5.67. The minimum absolute atomic E-state index is 0.0215. The van der Waals surface area contributed by atoms with Crippen molar-refractivity contribution in [2.45, 2.75) is 12.8 Å². The van der Waals surface area contributed by atoms with Crippen molar-refractivity contribution in [3.05, 3.63) is 78.3 Å². The van der Waals surface area contributed by atoms with Crippen LogP contribution < -0.4 is 5.32 Å². The van der Waals surface area contributed by atoms with E-state index >= 15 is 0 Å². The van der Waals surface area contributed by atoms with Gasteiger partial charge in [-0.1, -0.05) is 42.5 Å². The predicted octanol–water partition coefficient (Wildman–Crippen LogP) is 4.36. The van der Waals surface area contributed by atoms with Gasteiger partial charge < -0.3 is 14.7 Å². The van der Waals surface area contributed by atoms with Crippen molar-refractivity contribution >= 4 is 38.7 Å².